The fraction of sp³-hybridized carbons (Fsp3) is 0.750. The van der Waals surface area contributed by atoms with E-state index in [1.165, 1.54) is 19.3 Å². The summed E-state index contributed by atoms with van der Waals surface area (Å²) in [6, 6.07) is 0. The first-order valence-electron chi connectivity index (χ1n) is 5.66. The van der Waals surface area contributed by atoms with Gasteiger partial charge in [0.1, 0.15) is 0 Å². The van der Waals surface area contributed by atoms with E-state index in [2.05, 4.69) is 11.9 Å². The van der Waals surface area contributed by atoms with Gasteiger partial charge in [-0.1, -0.05) is 25.3 Å². The molecule has 0 aromatic heterocycles. The molecule has 2 heteroatoms. The van der Waals surface area contributed by atoms with Crippen LogP contribution in [-0.4, -0.2) is 12.5 Å². The van der Waals surface area contributed by atoms with Crippen molar-refractivity contribution in [1.29, 1.82) is 0 Å². The van der Waals surface area contributed by atoms with Crippen LogP contribution >= 0.6 is 0 Å². The van der Waals surface area contributed by atoms with Crippen molar-refractivity contribution in [2.45, 2.75) is 39.0 Å². The normalized spacial score (nSPS) is 18.4. The van der Waals surface area contributed by atoms with E-state index in [1.54, 1.807) is 0 Å². The maximum Gasteiger partial charge on any atom is 0.223 e. The van der Waals surface area contributed by atoms with E-state index in [-0.39, 0.29) is 11.8 Å². The maximum absolute atomic E-state index is 11.6. The van der Waals surface area contributed by atoms with Crippen molar-refractivity contribution in [1.82, 2.24) is 5.32 Å². The molecule has 0 saturated heterocycles. The van der Waals surface area contributed by atoms with Crippen molar-refractivity contribution in [2.24, 2.45) is 11.8 Å². The Hall–Kier alpha value is -0.790. The minimum atomic E-state index is 0.165. The fourth-order valence-electron chi connectivity index (χ4n) is 1.96. The van der Waals surface area contributed by atoms with Gasteiger partial charge in [0.15, 0.2) is 0 Å². The minimum absolute atomic E-state index is 0.165. The first kappa shape index (κ1) is 11.3. The Morgan fingerprint density at radius 1 is 1.64 bits per heavy atom. The highest BCUT2D eigenvalue weighted by molar-refractivity contribution is 5.78. The van der Waals surface area contributed by atoms with Crippen LogP contribution in [0.2, 0.25) is 0 Å². The number of hydrogen-bond donors (Lipinski definition) is 1. The van der Waals surface area contributed by atoms with Crippen molar-refractivity contribution in [3.05, 3.63) is 12.7 Å². The molecule has 1 N–H and O–H groups in total. The predicted octanol–water partition coefficient (Wildman–Crippen LogP) is 2.51. The summed E-state index contributed by atoms with van der Waals surface area (Å²) in [4.78, 5) is 11.6. The fourth-order valence-corrected chi connectivity index (χ4v) is 1.96. The summed E-state index contributed by atoms with van der Waals surface area (Å²) in [6.07, 6.45) is 7.71. The van der Waals surface area contributed by atoms with Crippen LogP contribution in [0.25, 0.3) is 0 Å². The molecule has 0 aromatic carbocycles. The molecule has 0 aliphatic heterocycles. The van der Waals surface area contributed by atoms with Crippen LogP contribution in [0.4, 0.5) is 0 Å². The monoisotopic (exact) mass is 195 g/mol. The SMILES string of the molecule is C=CCC(CC1CCC1)C(=O)NCC. The molecule has 0 bridgehead atoms. The lowest BCUT2D eigenvalue weighted by atomic mass is 9.78. The molecule has 1 fully saturated rings. The van der Waals surface area contributed by atoms with E-state index in [4.69, 9.17) is 0 Å². The van der Waals surface area contributed by atoms with Gasteiger partial charge in [0.25, 0.3) is 0 Å². The third kappa shape index (κ3) is 3.17. The van der Waals surface area contributed by atoms with Crippen LogP contribution in [0.1, 0.15) is 39.0 Å². The average Bonchev–Trinajstić information content (AvgIpc) is 2.09. The summed E-state index contributed by atoms with van der Waals surface area (Å²) in [7, 11) is 0. The van der Waals surface area contributed by atoms with Crippen LogP contribution < -0.4 is 5.32 Å². The maximum atomic E-state index is 11.6. The molecular formula is C12H21NO. The van der Waals surface area contributed by atoms with Gasteiger partial charge < -0.3 is 5.32 Å². The van der Waals surface area contributed by atoms with Crippen molar-refractivity contribution in [3.63, 3.8) is 0 Å². The number of rotatable bonds is 6. The smallest absolute Gasteiger partial charge is 0.223 e. The largest absolute Gasteiger partial charge is 0.356 e. The second kappa shape index (κ2) is 5.84. The van der Waals surface area contributed by atoms with E-state index < -0.39 is 0 Å². The lowest BCUT2D eigenvalue weighted by Crippen LogP contribution is -2.32. The predicted molar refractivity (Wildman–Crippen MR) is 58.9 cm³/mol. The van der Waals surface area contributed by atoms with E-state index in [9.17, 15) is 4.79 Å². The molecule has 80 valence electrons. The Bertz CT molecular complexity index is 196. The third-order valence-electron chi connectivity index (χ3n) is 3.02. The molecule has 1 aliphatic carbocycles. The zero-order chi connectivity index (χ0) is 10.4. The molecule has 1 amide bonds. The molecule has 14 heavy (non-hydrogen) atoms. The third-order valence-corrected chi connectivity index (χ3v) is 3.02. The van der Waals surface area contributed by atoms with Gasteiger partial charge >= 0.3 is 0 Å². The summed E-state index contributed by atoms with van der Waals surface area (Å²) >= 11 is 0. The Morgan fingerprint density at radius 3 is 2.79 bits per heavy atom. The van der Waals surface area contributed by atoms with E-state index in [0.29, 0.717) is 0 Å². The number of nitrogens with one attached hydrogen (secondary N) is 1. The van der Waals surface area contributed by atoms with Gasteiger partial charge in [-0.2, -0.15) is 0 Å². The van der Waals surface area contributed by atoms with E-state index in [0.717, 1.165) is 25.3 Å². The quantitative estimate of drug-likeness (QED) is 0.648. The summed E-state index contributed by atoms with van der Waals surface area (Å²) in [6.45, 7) is 6.41. The molecule has 0 heterocycles. The van der Waals surface area contributed by atoms with Crippen molar-refractivity contribution in [2.75, 3.05) is 6.54 Å². The van der Waals surface area contributed by atoms with Gasteiger partial charge in [0.2, 0.25) is 5.91 Å². The molecular weight excluding hydrogens is 174 g/mol. The van der Waals surface area contributed by atoms with Crippen LogP contribution in [0.15, 0.2) is 12.7 Å². The average molecular weight is 195 g/mol. The summed E-state index contributed by atoms with van der Waals surface area (Å²) < 4.78 is 0. The highest BCUT2D eigenvalue weighted by Crippen LogP contribution is 2.33. The molecule has 0 aromatic rings. The Labute approximate surface area is 86.8 Å². The van der Waals surface area contributed by atoms with Gasteiger partial charge in [0.05, 0.1) is 0 Å². The summed E-state index contributed by atoms with van der Waals surface area (Å²) in [5.41, 5.74) is 0. The molecule has 1 rings (SSSR count). The van der Waals surface area contributed by atoms with Crippen LogP contribution in [0.3, 0.4) is 0 Å². The summed E-state index contributed by atoms with van der Waals surface area (Å²) in [5, 5.41) is 2.90. The zero-order valence-corrected chi connectivity index (χ0v) is 9.09. The molecule has 1 saturated carbocycles. The number of amides is 1. The Kier molecular flexibility index (Phi) is 4.71. The molecule has 1 unspecified atom stereocenters. The number of allylic oxidation sites excluding steroid dienone is 1. The van der Waals surface area contributed by atoms with Gasteiger partial charge in [-0.25, -0.2) is 0 Å². The van der Waals surface area contributed by atoms with Crippen molar-refractivity contribution < 1.29 is 4.79 Å². The Balaban J connectivity index is 2.35. The molecule has 0 radical (unpaired) electrons. The van der Waals surface area contributed by atoms with Crippen LogP contribution in [0.5, 0.6) is 0 Å². The zero-order valence-electron chi connectivity index (χ0n) is 9.09. The lowest BCUT2D eigenvalue weighted by molar-refractivity contribution is -0.125. The van der Waals surface area contributed by atoms with Gasteiger partial charge in [0, 0.05) is 12.5 Å². The van der Waals surface area contributed by atoms with Crippen molar-refractivity contribution in [3.8, 4) is 0 Å². The highest BCUT2D eigenvalue weighted by atomic mass is 16.1. The molecule has 1 atom stereocenters. The molecule has 1 aliphatic rings. The van der Waals surface area contributed by atoms with Gasteiger partial charge in [-0.3, -0.25) is 4.79 Å². The minimum Gasteiger partial charge on any atom is -0.356 e. The lowest BCUT2D eigenvalue weighted by Gasteiger charge is -2.28. The Morgan fingerprint density at radius 2 is 2.36 bits per heavy atom. The second-order valence-electron chi connectivity index (χ2n) is 4.15. The summed E-state index contributed by atoms with van der Waals surface area (Å²) in [5.74, 6) is 1.17. The standard InChI is InChI=1S/C12H21NO/c1-3-6-11(12(14)13-4-2)9-10-7-5-8-10/h3,10-11H,1,4-9H2,2H3,(H,13,14). The highest BCUT2D eigenvalue weighted by Gasteiger charge is 2.25. The van der Waals surface area contributed by atoms with Gasteiger partial charge in [-0.05, 0) is 25.7 Å². The van der Waals surface area contributed by atoms with Crippen LogP contribution in [0, 0.1) is 11.8 Å². The number of carbonyl (C=O) groups excluding carboxylic acids is 1. The molecule has 2 nitrogen and oxygen atoms in total. The molecule has 0 spiro atoms. The van der Waals surface area contributed by atoms with E-state index in [1.807, 2.05) is 13.0 Å². The topological polar surface area (TPSA) is 29.1 Å². The number of hydrogen-bond acceptors (Lipinski definition) is 1. The van der Waals surface area contributed by atoms with Crippen molar-refractivity contribution >= 4 is 5.91 Å². The van der Waals surface area contributed by atoms with Crippen LogP contribution in [-0.2, 0) is 4.79 Å². The second-order valence-corrected chi connectivity index (χ2v) is 4.15. The van der Waals surface area contributed by atoms with E-state index >= 15 is 0 Å². The first-order valence-corrected chi connectivity index (χ1v) is 5.66. The number of carbonyl (C=O) groups is 1. The first-order chi connectivity index (χ1) is 6.77. The van der Waals surface area contributed by atoms with Gasteiger partial charge in [-0.15, -0.1) is 6.58 Å².